The molecule has 126 valence electrons. The summed E-state index contributed by atoms with van der Waals surface area (Å²) in [4.78, 5) is 3.63. The van der Waals surface area contributed by atoms with Crippen LogP contribution in [0.15, 0.2) is 40.9 Å². The van der Waals surface area contributed by atoms with Gasteiger partial charge in [-0.2, -0.15) is 0 Å². The number of halogens is 3. The highest BCUT2D eigenvalue weighted by atomic mass is 79.9. The second-order valence-corrected chi connectivity index (χ2v) is 7.81. The maximum atomic E-state index is 6.34. The summed E-state index contributed by atoms with van der Waals surface area (Å²) in [6.07, 6.45) is 3.37. The van der Waals surface area contributed by atoms with E-state index in [4.69, 9.17) is 23.2 Å². The maximum Gasteiger partial charge on any atom is 0.0555 e. The quantitative estimate of drug-likeness (QED) is 0.431. The van der Waals surface area contributed by atoms with Gasteiger partial charge in [-0.05, 0) is 64.2 Å². The molecule has 0 radical (unpaired) electrons. The van der Waals surface area contributed by atoms with Gasteiger partial charge in [0.1, 0.15) is 0 Å². The first-order valence-electron chi connectivity index (χ1n) is 8.26. The minimum atomic E-state index is 0.271. The van der Waals surface area contributed by atoms with Crippen molar-refractivity contribution in [3.8, 4) is 0 Å². The Morgan fingerprint density at radius 1 is 1.08 bits per heavy atom. The van der Waals surface area contributed by atoms with Gasteiger partial charge in [-0.15, -0.1) is 0 Å². The molecule has 1 N–H and O–H groups in total. The molecule has 0 aliphatic heterocycles. The average Bonchev–Trinajstić information content (AvgIpc) is 2.95. The zero-order valence-electron chi connectivity index (χ0n) is 13.8. The fourth-order valence-electron chi connectivity index (χ4n) is 3.21. The van der Waals surface area contributed by atoms with Crippen LogP contribution in [-0.4, -0.2) is 4.98 Å². The summed E-state index contributed by atoms with van der Waals surface area (Å²) in [5, 5.41) is 2.74. The Labute approximate surface area is 161 Å². The van der Waals surface area contributed by atoms with E-state index in [0.29, 0.717) is 0 Å². The summed E-state index contributed by atoms with van der Waals surface area (Å²) >= 11 is 16.1. The monoisotopic (exact) mass is 423 g/mol. The molecule has 1 aromatic heterocycles. The highest BCUT2D eigenvalue weighted by molar-refractivity contribution is 9.10. The van der Waals surface area contributed by atoms with Crippen molar-refractivity contribution in [2.24, 2.45) is 0 Å². The van der Waals surface area contributed by atoms with Crippen LogP contribution in [-0.2, 0) is 6.42 Å². The number of fused-ring (bicyclic) bond motifs is 1. The van der Waals surface area contributed by atoms with Gasteiger partial charge in [0.05, 0.1) is 5.02 Å². The van der Waals surface area contributed by atoms with Gasteiger partial charge in [0, 0.05) is 32.0 Å². The molecule has 0 aliphatic rings. The minimum absolute atomic E-state index is 0.271. The number of aromatic nitrogens is 1. The van der Waals surface area contributed by atoms with Crippen LogP contribution in [0.25, 0.3) is 10.9 Å². The normalized spacial score (nSPS) is 12.7. The van der Waals surface area contributed by atoms with Crippen LogP contribution in [0, 0.1) is 0 Å². The van der Waals surface area contributed by atoms with Crippen LogP contribution in [0.4, 0.5) is 0 Å². The molecule has 24 heavy (non-hydrogen) atoms. The van der Waals surface area contributed by atoms with Crippen molar-refractivity contribution >= 4 is 50.0 Å². The van der Waals surface area contributed by atoms with E-state index in [9.17, 15) is 0 Å². The van der Waals surface area contributed by atoms with Crippen molar-refractivity contribution < 1.29 is 0 Å². The topological polar surface area (TPSA) is 15.8 Å². The van der Waals surface area contributed by atoms with Gasteiger partial charge in [0.2, 0.25) is 0 Å². The minimum Gasteiger partial charge on any atom is -0.358 e. The van der Waals surface area contributed by atoms with E-state index in [2.05, 4.69) is 53.0 Å². The van der Waals surface area contributed by atoms with E-state index in [1.807, 2.05) is 18.2 Å². The molecule has 3 rings (SSSR count). The van der Waals surface area contributed by atoms with Crippen LogP contribution in [0.2, 0.25) is 10.0 Å². The van der Waals surface area contributed by atoms with Crippen molar-refractivity contribution in [1.29, 1.82) is 0 Å². The Morgan fingerprint density at radius 3 is 2.46 bits per heavy atom. The summed E-state index contributed by atoms with van der Waals surface area (Å²) in [5.74, 6) is 0.271. The molecule has 0 fully saturated rings. The summed E-state index contributed by atoms with van der Waals surface area (Å²) in [5.41, 5.74) is 5.02. The number of hydrogen-bond acceptors (Lipinski definition) is 0. The Balaban J connectivity index is 2.15. The van der Waals surface area contributed by atoms with E-state index >= 15 is 0 Å². The largest absolute Gasteiger partial charge is 0.358 e. The molecule has 1 unspecified atom stereocenters. The molecule has 0 saturated carbocycles. The standard InChI is InChI=1S/C20H20BrCl2N/c1-3-4-5-15-18-17(11-10-16(23)19(18)21)24-20(15)12(2)13-6-8-14(22)9-7-13/h6-12,24H,3-5H2,1-2H3. The molecule has 4 heteroatoms. The Kier molecular flexibility index (Phi) is 5.59. The fraction of sp³-hybridized carbons (Fsp3) is 0.300. The molecule has 1 atom stereocenters. The van der Waals surface area contributed by atoms with Crippen LogP contribution >= 0.6 is 39.1 Å². The lowest BCUT2D eigenvalue weighted by atomic mass is 9.92. The number of aryl methyl sites for hydroxylation is 1. The molecule has 0 saturated heterocycles. The first-order valence-corrected chi connectivity index (χ1v) is 9.81. The Morgan fingerprint density at radius 2 is 1.79 bits per heavy atom. The van der Waals surface area contributed by atoms with Crippen LogP contribution in [0.3, 0.4) is 0 Å². The lowest BCUT2D eigenvalue weighted by Gasteiger charge is -2.14. The zero-order chi connectivity index (χ0) is 17.3. The average molecular weight is 425 g/mol. The predicted octanol–water partition coefficient (Wildman–Crippen LogP) is 7.73. The Hall–Kier alpha value is -0.960. The number of hydrogen-bond donors (Lipinski definition) is 1. The van der Waals surface area contributed by atoms with Crippen molar-refractivity contribution in [1.82, 2.24) is 4.98 Å². The molecule has 0 spiro atoms. The van der Waals surface area contributed by atoms with Crippen LogP contribution in [0.1, 0.15) is 49.4 Å². The van der Waals surface area contributed by atoms with Gasteiger partial charge in [-0.3, -0.25) is 0 Å². The molecular weight excluding hydrogens is 405 g/mol. The highest BCUT2D eigenvalue weighted by Crippen LogP contribution is 2.39. The number of benzene rings is 2. The number of rotatable bonds is 5. The van der Waals surface area contributed by atoms with Gasteiger partial charge < -0.3 is 4.98 Å². The predicted molar refractivity (Wildman–Crippen MR) is 109 cm³/mol. The molecule has 2 aromatic carbocycles. The van der Waals surface area contributed by atoms with Gasteiger partial charge >= 0.3 is 0 Å². The van der Waals surface area contributed by atoms with Crippen LogP contribution in [0.5, 0.6) is 0 Å². The third kappa shape index (κ3) is 3.37. The Bertz CT molecular complexity index is 852. The number of H-pyrrole nitrogens is 1. The molecule has 1 nitrogen and oxygen atoms in total. The second-order valence-electron chi connectivity index (χ2n) is 6.18. The van der Waals surface area contributed by atoms with Gasteiger partial charge in [-0.1, -0.05) is 55.6 Å². The number of aromatic amines is 1. The van der Waals surface area contributed by atoms with E-state index in [1.54, 1.807) is 0 Å². The molecule has 1 heterocycles. The maximum absolute atomic E-state index is 6.34. The lowest BCUT2D eigenvalue weighted by Crippen LogP contribution is -2.00. The summed E-state index contributed by atoms with van der Waals surface area (Å²) in [6.45, 7) is 4.46. The van der Waals surface area contributed by atoms with E-state index in [-0.39, 0.29) is 5.92 Å². The van der Waals surface area contributed by atoms with Gasteiger partial charge in [0.15, 0.2) is 0 Å². The molecular formula is C20H20BrCl2N. The van der Waals surface area contributed by atoms with Crippen molar-refractivity contribution in [2.45, 2.75) is 39.0 Å². The molecule has 0 bridgehead atoms. The SMILES string of the molecule is CCCCc1c(C(C)c2ccc(Cl)cc2)[nH]c2ccc(Cl)c(Br)c12. The highest BCUT2D eigenvalue weighted by Gasteiger charge is 2.20. The molecule has 0 aliphatic carbocycles. The third-order valence-electron chi connectivity index (χ3n) is 4.57. The fourth-order valence-corrected chi connectivity index (χ4v) is 4.07. The van der Waals surface area contributed by atoms with Crippen molar-refractivity contribution in [3.63, 3.8) is 0 Å². The van der Waals surface area contributed by atoms with Crippen molar-refractivity contribution in [2.75, 3.05) is 0 Å². The third-order valence-corrected chi connectivity index (χ3v) is 6.19. The lowest BCUT2D eigenvalue weighted by molar-refractivity contribution is 0.775. The molecule has 3 aromatic rings. The van der Waals surface area contributed by atoms with E-state index in [0.717, 1.165) is 32.9 Å². The first-order chi connectivity index (χ1) is 11.5. The summed E-state index contributed by atoms with van der Waals surface area (Å²) in [6, 6.07) is 12.1. The second kappa shape index (κ2) is 7.51. The smallest absolute Gasteiger partial charge is 0.0555 e. The van der Waals surface area contributed by atoms with Gasteiger partial charge in [0.25, 0.3) is 0 Å². The van der Waals surface area contributed by atoms with E-state index < -0.39 is 0 Å². The molecule has 0 amide bonds. The first kappa shape index (κ1) is 17.8. The zero-order valence-corrected chi connectivity index (χ0v) is 16.9. The van der Waals surface area contributed by atoms with Gasteiger partial charge in [-0.25, -0.2) is 0 Å². The number of nitrogens with one attached hydrogen (secondary N) is 1. The van der Waals surface area contributed by atoms with Crippen LogP contribution < -0.4 is 0 Å². The summed E-state index contributed by atoms with van der Waals surface area (Å²) < 4.78 is 0.985. The number of unbranched alkanes of at least 4 members (excludes halogenated alkanes) is 1. The summed E-state index contributed by atoms with van der Waals surface area (Å²) in [7, 11) is 0. The van der Waals surface area contributed by atoms with E-state index in [1.165, 1.54) is 28.6 Å². The van der Waals surface area contributed by atoms with Crippen molar-refractivity contribution in [3.05, 3.63) is 67.7 Å².